The number of aliphatic hydroxyl groups is 1. The molecule has 4 rings (SSSR count). The first kappa shape index (κ1) is 19.8. The third-order valence-electron chi connectivity index (χ3n) is 5.21. The molecule has 2 aromatic rings. The van der Waals surface area contributed by atoms with Crippen LogP contribution in [0.5, 0.6) is 0 Å². The van der Waals surface area contributed by atoms with Crippen molar-refractivity contribution in [2.75, 3.05) is 0 Å². The van der Waals surface area contributed by atoms with Crippen molar-refractivity contribution in [3.05, 3.63) is 29.1 Å². The van der Waals surface area contributed by atoms with E-state index in [0.29, 0.717) is 14.8 Å². The smallest absolute Gasteiger partial charge is 0.353 e. The van der Waals surface area contributed by atoms with Gasteiger partial charge in [0.15, 0.2) is 16.7 Å². The third kappa shape index (κ3) is 3.18. The van der Waals surface area contributed by atoms with Gasteiger partial charge in [-0.3, -0.25) is 9.59 Å². The molecule has 0 saturated carbocycles. The number of fused-ring (bicyclic) bond motifs is 2. The maximum atomic E-state index is 12.4. The van der Waals surface area contributed by atoms with Gasteiger partial charge in [0, 0.05) is 16.9 Å². The van der Waals surface area contributed by atoms with E-state index in [1.165, 1.54) is 28.0 Å². The number of aromatic nitrogens is 2. The maximum Gasteiger partial charge on any atom is 0.353 e. The number of pyridine rings is 1. The number of β-lactam (4-membered cyclic amide) rings is 1. The van der Waals surface area contributed by atoms with E-state index < -0.39 is 23.9 Å². The summed E-state index contributed by atoms with van der Waals surface area (Å²) in [5.41, 5.74) is 5.87. The van der Waals surface area contributed by atoms with Gasteiger partial charge in [0.25, 0.3) is 5.91 Å². The Labute approximate surface area is 173 Å². The summed E-state index contributed by atoms with van der Waals surface area (Å²) < 4.78 is 3.16. The number of thiazole rings is 1. The number of carboxylic acid groups (broad SMARTS) is 1. The zero-order chi connectivity index (χ0) is 21.0. The lowest BCUT2D eigenvalue weighted by atomic mass is 9.79. The first-order valence-corrected chi connectivity index (χ1v) is 10.6. The molecule has 2 amide bonds. The number of aliphatic hydroxyl groups excluding tert-OH is 1. The molecule has 11 heteroatoms. The number of carbonyl (C=O) groups excluding carboxylic acids is 2. The average Bonchev–Trinajstić information content (AvgIpc) is 3.11. The van der Waals surface area contributed by atoms with Gasteiger partial charge in [-0.05, 0) is 6.92 Å². The Hall–Kier alpha value is -2.50. The third-order valence-corrected chi connectivity index (χ3v) is 7.60. The number of rotatable bonds is 6. The van der Waals surface area contributed by atoms with Crippen LogP contribution in [-0.2, 0) is 20.9 Å². The standard InChI is InChI=1S/C18H18N4O5S2/c1-7-13-12(8(2)23)16(25)22(13)14(17(26)27)15(7)29-18-20-9-5-21(6-11(19)24)4-3-10(9)28-18/h3-5,7-8,12-13,23H,6H2,1-2H3,(H2-,19,24,26,27)/p+1. The van der Waals surface area contributed by atoms with Gasteiger partial charge in [0.05, 0.1) is 22.8 Å². The normalized spacial score (nSPS) is 24.6. The Kier molecular flexibility index (Phi) is 4.83. The second-order valence-corrected chi connectivity index (χ2v) is 9.51. The monoisotopic (exact) mass is 435 g/mol. The summed E-state index contributed by atoms with van der Waals surface area (Å²) in [7, 11) is 0. The van der Waals surface area contributed by atoms with Gasteiger partial charge in [0.1, 0.15) is 11.2 Å². The van der Waals surface area contributed by atoms with Crippen molar-refractivity contribution in [1.82, 2.24) is 9.88 Å². The van der Waals surface area contributed by atoms with E-state index in [-0.39, 0.29) is 30.1 Å². The lowest BCUT2D eigenvalue weighted by molar-refractivity contribution is -0.683. The predicted molar refractivity (Wildman–Crippen MR) is 104 cm³/mol. The highest BCUT2D eigenvalue weighted by Crippen LogP contribution is 2.52. The zero-order valence-electron chi connectivity index (χ0n) is 15.6. The van der Waals surface area contributed by atoms with Crippen LogP contribution in [0.15, 0.2) is 33.4 Å². The van der Waals surface area contributed by atoms with Crippen LogP contribution in [0, 0.1) is 11.8 Å². The molecule has 0 aliphatic carbocycles. The largest absolute Gasteiger partial charge is 0.477 e. The summed E-state index contributed by atoms with van der Waals surface area (Å²) in [6, 6.07) is 1.47. The first-order chi connectivity index (χ1) is 13.7. The van der Waals surface area contributed by atoms with Gasteiger partial charge in [-0.25, -0.2) is 9.78 Å². The van der Waals surface area contributed by atoms with Gasteiger partial charge in [0.2, 0.25) is 12.5 Å². The molecule has 1 fully saturated rings. The molecule has 2 aliphatic heterocycles. The Bertz CT molecular complexity index is 1080. The average molecular weight is 436 g/mol. The Morgan fingerprint density at radius 2 is 2.21 bits per heavy atom. The number of carbonyl (C=O) groups is 3. The molecule has 0 aromatic carbocycles. The molecule has 4 unspecified atom stereocenters. The van der Waals surface area contributed by atoms with Crippen molar-refractivity contribution in [3.8, 4) is 0 Å². The molecule has 2 aromatic heterocycles. The quantitative estimate of drug-likeness (QED) is 0.439. The summed E-state index contributed by atoms with van der Waals surface area (Å²) in [5.74, 6) is -2.81. The molecule has 4 N–H and O–H groups in total. The van der Waals surface area contributed by atoms with Crippen molar-refractivity contribution >= 4 is 51.1 Å². The highest BCUT2D eigenvalue weighted by Gasteiger charge is 2.60. The number of carboxylic acids is 1. The molecule has 152 valence electrons. The second kappa shape index (κ2) is 7.08. The fraction of sp³-hybridized carbons (Fsp3) is 0.389. The topological polar surface area (TPSA) is 138 Å². The van der Waals surface area contributed by atoms with Crippen LogP contribution in [0.1, 0.15) is 13.8 Å². The molecule has 0 radical (unpaired) electrons. The Morgan fingerprint density at radius 3 is 2.83 bits per heavy atom. The lowest BCUT2D eigenvalue weighted by Gasteiger charge is -2.46. The fourth-order valence-corrected chi connectivity index (χ4v) is 6.28. The van der Waals surface area contributed by atoms with Crippen molar-refractivity contribution in [3.63, 3.8) is 0 Å². The van der Waals surface area contributed by atoms with E-state index in [1.807, 2.05) is 13.0 Å². The lowest BCUT2D eigenvalue weighted by Crippen LogP contribution is -2.63. The number of hydrogen-bond donors (Lipinski definition) is 3. The Balaban J connectivity index is 1.67. The molecule has 0 spiro atoms. The highest BCUT2D eigenvalue weighted by atomic mass is 32.2. The maximum absolute atomic E-state index is 12.4. The fourth-order valence-electron chi connectivity index (χ4n) is 3.97. The number of nitrogens with zero attached hydrogens (tertiary/aromatic N) is 3. The van der Waals surface area contributed by atoms with Crippen molar-refractivity contribution in [2.45, 2.75) is 36.9 Å². The van der Waals surface area contributed by atoms with Gasteiger partial charge < -0.3 is 20.8 Å². The molecule has 0 bridgehead atoms. The van der Waals surface area contributed by atoms with Crippen molar-refractivity contribution in [2.24, 2.45) is 17.6 Å². The van der Waals surface area contributed by atoms with Crippen LogP contribution in [0.3, 0.4) is 0 Å². The van der Waals surface area contributed by atoms with E-state index in [1.54, 1.807) is 23.9 Å². The summed E-state index contributed by atoms with van der Waals surface area (Å²) in [6.45, 7) is 3.46. The van der Waals surface area contributed by atoms with Crippen molar-refractivity contribution in [1.29, 1.82) is 0 Å². The number of amides is 2. The first-order valence-electron chi connectivity index (χ1n) is 8.93. The molecular weight excluding hydrogens is 416 g/mol. The van der Waals surface area contributed by atoms with E-state index in [9.17, 15) is 24.6 Å². The number of thioether (sulfide) groups is 1. The summed E-state index contributed by atoms with van der Waals surface area (Å²) in [5, 5.41) is 19.6. The van der Waals surface area contributed by atoms with Crippen LogP contribution in [0.2, 0.25) is 0 Å². The number of hydrogen-bond acceptors (Lipinski definition) is 7. The van der Waals surface area contributed by atoms with Crippen LogP contribution in [0.25, 0.3) is 10.2 Å². The van der Waals surface area contributed by atoms with Crippen LogP contribution >= 0.6 is 23.1 Å². The molecule has 2 aliphatic rings. The minimum atomic E-state index is -1.17. The highest BCUT2D eigenvalue weighted by molar-refractivity contribution is 8.04. The van der Waals surface area contributed by atoms with Gasteiger partial charge in [-0.1, -0.05) is 18.7 Å². The van der Waals surface area contributed by atoms with Crippen LogP contribution in [0.4, 0.5) is 0 Å². The Morgan fingerprint density at radius 1 is 1.48 bits per heavy atom. The molecule has 1 saturated heterocycles. The van der Waals surface area contributed by atoms with E-state index in [0.717, 1.165) is 4.70 Å². The minimum Gasteiger partial charge on any atom is -0.477 e. The predicted octanol–water partition coefficient (Wildman–Crippen LogP) is 0.315. The van der Waals surface area contributed by atoms with E-state index in [4.69, 9.17) is 5.73 Å². The zero-order valence-corrected chi connectivity index (χ0v) is 17.2. The van der Waals surface area contributed by atoms with E-state index >= 15 is 0 Å². The van der Waals surface area contributed by atoms with E-state index in [2.05, 4.69) is 4.98 Å². The van der Waals surface area contributed by atoms with Crippen LogP contribution < -0.4 is 10.3 Å². The summed E-state index contributed by atoms with van der Waals surface area (Å²) >= 11 is 2.63. The van der Waals surface area contributed by atoms with Gasteiger partial charge in [-0.15, -0.1) is 11.3 Å². The molecule has 4 atom stereocenters. The molecule has 9 nitrogen and oxygen atoms in total. The number of aliphatic carboxylic acids is 1. The minimum absolute atomic E-state index is 0.0301. The molecule has 29 heavy (non-hydrogen) atoms. The SMILES string of the molecule is CC(O)C1C(=O)N2C(C(=O)O)=C(Sc3nc4c[n+](CC(N)=O)ccc4s3)C(C)C12. The number of nitrogens with two attached hydrogens (primary N) is 1. The van der Waals surface area contributed by atoms with Gasteiger partial charge >= 0.3 is 5.97 Å². The van der Waals surface area contributed by atoms with Crippen molar-refractivity contribution < 1.29 is 29.2 Å². The molecule has 4 heterocycles. The van der Waals surface area contributed by atoms with Gasteiger partial charge in [-0.2, -0.15) is 4.57 Å². The second-order valence-electron chi connectivity index (χ2n) is 7.19. The summed E-state index contributed by atoms with van der Waals surface area (Å²) in [4.78, 5) is 41.8. The number of primary amides is 1. The molecular formula is C18H19N4O5S2+. The summed E-state index contributed by atoms with van der Waals surface area (Å²) in [6.07, 6.45) is 2.61. The van der Waals surface area contributed by atoms with Crippen LogP contribution in [-0.4, -0.2) is 50.0 Å².